The quantitative estimate of drug-likeness (QED) is 0.615. The van der Waals surface area contributed by atoms with Crippen molar-refractivity contribution in [2.75, 3.05) is 26.8 Å². The molecule has 0 atom stereocenters. The van der Waals surface area contributed by atoms with Gasteiger partial charge in [0.2, 0.25) is 12.3 Å². The van der Waals surface area contributed by atoms with Gasteiger partial charge < -0.3 is 15.0 Å². The second-order valence-electron chi connectivity index (χ2n) is 3.42. The van der Waals surface area contributed by atoms with Crippen LogP contribution in [0.4, 0.5) is 0 Å². The van der Waals surface area contributed by atoms with Crippen LogP contribution in [0.15, 0.2) is 0 Å². The number of nitrogens with zero attached hydrogens (tertiary/aromatic N) is 1. The summed E-state index contributed by atoms with van der Waals surface area (Å²) in [6, 6.07) is 0.189. The Balaban J connectivity index is 2.21. The zero-order chi connectivity index (χ0) is 10.4. The number of carbonyl (C=O) groups excluding carboxylic acids is 2. The summed E-state index contributed by atoms with van der Waals surface area (Å²) in [6.07, 6.45) is 2.51. The summed E-state index contributed by atoms with van der Waals surface area (Å²) in [5.41, 5.74) is 0. The second kappa shape index (κ2) is 5.59. The molecule has 0 aromatic carbocycles. The number of ether oxygens (including phenoxy) is 1. The summed E-state index contributed by atoms with van der Waals surface area (Å²) in [7, 11) is 1.49. The van der Waals surface area contributed by atoms with Crippen LogP contribution in [-0.2, 0) is 14.3 Å². The third-order valence-electron chi connectivity index (χ3n) is 2.32. The molecule has 80 valence electrons. The van der Waals surface area contributed by atoms with Crippen molar-refractivity contribution < 1.29 is 14.3 Å². The molecule has 5 heteroatoms. The van der Waals surface area contributed by atoms with Crippen LogP contribution in [0.5, 0.6) is 0 Å². The molecule has 0 saturated carbocycles. The summed E-state index contributed by atoms with van der Waals surface area (Å²) in [6.45, 7) is 1.55. The fraction of sp³-hybridized carbons (Fsp3) is 0.778. The lowest BCUT2D eigenvalue weighted by Crippen LogP contribution is -2.45. The second-order valence-corrected chi connectivity index (χ2v) is 3.42. The molecule has 2 amide bonds. The predicted octanol–water partition coefficient (Wildman–Crippen LogP) is -0.630. The number of likely N-dealkylation sites (tertiary alicyclic amines) is 1. The Morgan fingerprint density at radius 2 is 2.21 bits per heavy atom. The molecule has 1 saturated heterocycles. The van der Waals surface area contributed by atoms with Crippen LogP contribution in [0.3, 0.4) is 0 Å². The average Bonchev–Trinajstić information content (AvgIpc) is 2.19. The van der Waals surface area contributed by atoms with Crippen molar-refractivity contribution in [3.8, 4) is 0 Å². The third-order valence-corrected chi connectivity index (χ3v) is 2.32. The van der Waals surface area contributed by atoms with Gasteiger partial charge in [0.15, 0.2) is 0 Å². The standard InChI is InChI=1S/C9H16N2O3/c1-14-6-9(13)10-8-2-4-11(7-12)5-3-8/h7-8H,2-6H2,1H3,(H,10,13). The molecule has 1 fully saturated rings. The molecule has 14 heavy (non-hydrogen) atoms. The highest BCUT2D eigenvalue weighted by atomic mass is 16.5. The van der Waals surface area contributed by atoms with Crippen LogP contribution in [0.1, 0.15) is 12.8 Å². The highest BCUT2D eigenvalue weighted by Gasteiger charge is 2.19. The molecule has 1 heterocycles. The average molecular weight is 200 g/mol. The molecule has 0 aromatic rings. The zero-order valence-corrected chi connectivity index (χ0v) is 8.36. The first-order chi connectivity index (χ1) is 6.76. The van der Waals surface area contributed by atoms with Crippen LogP contribution in [0.25, 0.3) is 0 Å². The first-order valence-corrected chi connectivity index (χ1v) is 4.74. The van der Waals surface area contributed by atoms with Crippen molar-refractivity contribution in [2.45, 2.75) is 18.9 Å². The lowest BCUT2D eigenvalue weighted by atomic mass is 10.1. The Morgan fingerprint density at radius 3 is 2.71 bits per heavy atom. The third kappa shape index (κ3) is 3.33. The van der Waals surface area contributed by atoms with E-state index >= 15 is 0 Å². The van der Waals surface area contributed by atoms with Crippen LogP contribution in [0, 0.1) is 0 Å². The maximum Gasteiger partial charge on any atom is 0.246 e. The number of amides is 2. The minimum absolute atomic E-state index is 0.0861. The summed E-state index contributed by atoms with van der Waals surface area (Å²) in [5, 5.41) is 2.86. The molecule has 0 aromatic heterocycles. The van der Waals surface area contributed by atoms with Crippen molar-refractivity contribution in [3.05, 3.63) is 0 Å². The Bertz CT molecular complexity index is 200. The van der Waals surface area contributed by atoms with E-state index < -0.39 is 0 Å². The van der Waals surface area contributed by atoms with Crippen LogP contribution >= 0.6 is 0 Å². The minimum Gasteiger partial charge on any atom is -0.375 e. The molecular formula is C9H16N2O3. The van der Waals surface area contributed by atoms with Gasteiger partial charge in [0.1, 0.15) is 6.61 Å². The van der Waals surface area contributed by atoms with E-state index in [1.807, 2.05) is 0 Å². The van der Waals surface area contributed by atoms with Gasteiger partial charge in [0.05, 0.1) is 0 Å². The number of hydrogen-bond acceptors (Lipinski definition) is 3. The van der Waals surface area contributed by atoms with E-state index in [4.69, 9.17) is 4.74 Å². The number of carbonyl (C=O) groups is 2. The molecule has 1 aliphatic heterocycles. The summed E-state index contributed by atoms with van der Waals surface area (Å²) in [4.78, 5) is 23.3. The Morgan fingerprint density at radius 1 is 1.57 bits per heavy atom. The zero-order valence-electron chi connectivity index (χ0n) is 8.36. The number of rotatable bonds is 4. The Kier molecular flexibility index (Phi) is 4.39. The highest BCUT2D eigenvalue weighted by molar-refractivity contribution is 5.77. The SMILES string of the molecule is COCC(=O)NC1CCN(C=O)CC1. The van der Waals surface area contributed by atoms with E-state index in [2.05, 4.69) is 5.32 Å². The van der Waals surface area contributed by atoms with Crippen molar-refractivity contribution in [3.63, 3.8) is 0 Å². The van der Waals surface area contributed by atoms with Gasteiger partial charge in [-0.2, -0.15) is 0 Å². The molecule has 0 radical (unpaired) electrons. The van der Waals surface area contributed by atoms with Gasteiger partial charge in [-0.15, -0.1) is 0 Å². The van der Waals surface area contributed by atoms with Gasteiger partial charge in [-0.3, -0.25) is 9.59 Å². The number of nitrogens with one attached hydrogen (secondary N) is 1. The van der Waals surface area contributed by atoms with E-state index in [9.17, 15) is 9.59 Å². The first kappa shape index (κ1) is 11.0. The van der Waals surface area contributed by atoms with E-state index in [-0.39, 0.29) is 18.6 Å². The van der Waals surface area contributed by atoms with E-state index in [0.717, 1.165) is 32.3 Å². The molecule has 1 rings (SSSR count). The van der Waals surface area contributed by atoms with Crippen LogP contribution in [-0.4, -0.2) is 50.1 Å². The van der Waals surface area contributed by atoms with Gasteiger partial charge in [-0.25, -0.2) is 0 Å². The molecule has 1 N–H and O–H groups in total. The fourth-order valence-electron chi connectivity index (χ4n) is 1.55. The van der Waals surface area contributed by atoms with E-state index in [0.29, 0.717) is 0 Å². The molecule has 0 spiro atoms. The molecule has 5 nitrogen and oxygen atoms in total. The number of hydrogen-bond donors (Lipinski definition) is 1. The van der Waals surface area contributed by atoms with E-state index in [1.54, 1.807) is 4.90 Å². The normalized spacial score (nSPS) is 17.9. The Labute approximate surface area is 83.4 Å². The van der Waals surface area contributed by atoms with Gasteiger partial charge in [0, 0.05) is 26.2 Å². The number of piperidine rings is 1. The highest BCUT2D eigenvalue weighted by Crippen LogP contribution is 2.07. The van der Waals surface area contributed by atoms with Gasteiger partial charge >= 0.3 is 0 Å². The monoisotopic (exact) mass is 200 g/mol. The molecule has 1 aliphatic rings. The molecular weight excluding hydrogens is 184 g/mol. The Hall–Kier alpha value is -1.10. The lowest BCUT2D eigenvalue weighted by molar-refractivity contribution is -0.125. The molecule has 0 aliphatic carbocycles. The maximum absolute atomic E-state index is 11.1. The topological polar surface area (TPSA) is 58.6 Å². The van der Waals surface area contributed by atoms with Crippen molar-refractivity contribution in [1.29, 1.82) is 0 Å². The van der Waals surface area contributed by atoms with E-state index in [1.165, 1.54) is 7.11 Å². The summed E-state index contributed by atoms with van der Waals surface area (Å²) in [5.74, 6) is -0.0861. The predicted molar refractivity (Wildman–Crippen MR) is 50.7 cm³/mol. The maximum atomic E-state index is 11.1. The van der Waals surface area contributed by atoms with Crippen molar-refractivity contribution >= 4 is 12.3 Å². The first-order valence-electron chi connectivity index (χ1n) is 4.74. The van der Waals surface area contributed by atoms with Gasteiger partial charge in [-0.05, 0) is 12.8 Å². The largest absolute Gasteiger partial charge is 0.375 e. The number of methoxy groups -OCH3 is 1. The van der Waals surface area contributed by atoms with Gasteiger partial charge in [-0.1, -0.05) is 0 Å². The smallest absolute Gasteiger partial charge is 0.246 e. The van der Waals surface area contributed by atoms with Crippen molar-refractivity contribution in [1.82, 2.24) is 10.2 Å². The summed E-state index contributed by atoms with van der Waals surface area (Å²) < 4.78 is 4.71. The van der Waals surface area contributed by atoms with Gasteiger partial charge in [0.25, 0.3) is 0 Å². The minimum atomic E-state index is -0.0861. The summed E-state index contributed by atoms with van der Waals surface area (Å²) >= 11 is 0. The molecule has 0 unspecified atom stereocenters. The van der Waals surface area contributed by atoms with Crippen molar-refractivity contribution in [2.24, 2.45) is 0 Å². The van der Waals surface area contributed by atoms with Crippen LogP contribution in [0.2, 0.25) is 0 Å². The lowest BCUT2D eigenvalue weighted by Gasteiger charge is -2.29. The molecule has 0 bridgehead atoms. The fourth-order valence-corrected chi connectivity index (χ4v) is 1.55. The van der Waals surface area contributed by atoms with Crippen LogP contribution < -0.4 is 5.32 Å².